The van der Waals surface area contributed by atoms with E-state index in [1.165, 1.54) is 50.5 Å². The maximum absolute atomic E-state index is 2.43. The van der Waals surface area contributed by atoms with Crippen LogP contribution in [-0.2, 0) is 5.41 Å². The van der Waals surface area contributed by atoms with Gasteiger partial charge in [-0.15, -0.1) is 0 Å². The summed E-state index contributed by atoms with van der Waals surface area (Å²) in [4.78, 5) is 2.42. The van der Waals surface area contributed by atoms with Crippen LogP contribution in [-0.4, -0.2) is 0 Å². The van der Waals surface area contributed by atoms with E-state index in [0.29, 0.717) is 0 Å². The molecule has 3 aliphatic rings. The summed E-state index contributed by atoms with van der Waals surface area (Å²) in [7, 11) is 0. The van der Waals surface area contributed by atoms with Gasteiger partial charge in [0.1, 0.15) is 0 Å². The lowest BCUT2D eigenvalue weighted by Gasteiger charge is -2.29. The van der Waals surface area contributed by atoms with Gasteiger partial charge in [0.05, 0.1) is 0 Å². The third kappa shape index (κ3) is 3.91. The Morgan fingerprint density at radius 2 is 1.31 bits per heavy atom. The Balaban J connectivity index is 1.42. The molecule has 0 unspecified atom stereocenters. The van der Waals surface area contributed by atoms with E-state index in [1.54, 1.807) is 0 Å². The van der Waals surface area contributed by atoms with Gasteiger partial charge in [-0.05, 0) is 70.5 Å². The van der Waals surface area contributed by atoms with Crippen molar-refractivity contribution in [2.45, 2.75) is 32.1 Å². The summed E-state index contributed by atoms with van der Waals surface area (Å²) in [6.45, 7) is 4.71. The van der Waals surface area contributed by atoms with Crippen LogP contribution in [0.1, 0.15) is 43.4 Å². The topological polar surface area (TPSA) is 3.24 Å². The van der Waals surface area contributed by atoms with Gasteiger partial charge in [0, 0.05) is 22.5 Å². The van der Waals surface area contributed by atoms with Crippen molar-refractivity contribution in [3.05, 3.63) is 161 Å². The zero-order valence-corrected chi connectivity index (χ0v) is 21.0. The standard InChI is InChI=1S/C35H31N/c1-35(2)33-22-10-9-20-31(33)32-21-12-19-30(25-34(32)35)36(28-16-7-4-8-17-28)29-18-11-15-27(23-24-29)26-13-5-3-6-14-26/h3-10,13-25H,11-12H2,1-2H3. The highest BCUT2D eigenvalue weighted by Gasteiger charge is 2.38. The molecule has 36 heavy (non-hydrogen) atoms. The molecule has 3 aromatic rings. The first-order chi connectivity index (χ1) is 17.6. The summed E-state index contributed by atoms with van der Waals surface area (Å²) < 4.78 is 0. The second-order valence-electron chi connectivity index (χ2n) is 10.1. The second-order valence-corrected chi connectivity index (χ2v) is 10.1. The molecule has 0 heterocycles. The zero-order valence-electron chi connectivity index (χ0n) is 21.0. The van der Waals surface area contributed by atoms with E-state index in [0.717, 1.165) is 12.8 Å². The molecule has 0 saturated carbocycles. The molecule has 3 aromatic carbocycles. The van der Waals surface area contributed by atoms with E-state index in [1.807, 2.05) is 0 Å². The highest BCUT2D eigenvalue weighted by atomic mass is 15.2. The predicted octanol–water partition coefficient (Wildman–Crippen LogP) is 9.01. The molecule has 1 nitrogen and oxygen atoms in total. The highest BCUT2D eigenvalue weighted by molar-refractivity contribution is 5.91. The first kappa shape index (κ1) is 22.4. The predicted molar refractivity (Wildman–Crippen MR) is 153 cm³/mol. The number of fused-ring (bicyclic) bond motifs is 3. The summed E-state index contributed by atoms with van der Waals surface area (Å²) >= 11 is 0. The first-order valence-electron chi connectivity index (χ1n) is 12.8. The molecule has 6 rings (SSSR count). The van der Waals surface area contributed by atoms with Gasteiger partial charge in [0.2, 0.25) is 0 Å². The van der Waals surface area contributed by atoms with E-state index < -0.39 is 0 Å². The molecular formula is C35H31N. The zero-order chi connectivity index (χ0) is 24.5. The molecule has 0 amide bonds. The molecule has 0 aliphatic heterocycles. The SMILES string of the molecule is CC1(C)C2=CC(N(C3=CCC=C(c4ccccc4)C=C3)c3ccccc3)=CCC=C2c2ccccc21. The van der Waals surface area contributed by atoms with Crippen molar-refractivity contribution in [1.82, 2.24) is 0 Å². The number of rotatable bonds is 4. The molecule has 0 saturated heterocycles. The van der Waals surface area contributed by atoms with Crippen molar-refractivity contribution in [3.63, 3.8) is 0 Å². The summed E-state index contributed by atoms with van der Waals surface area (Å²) in [6.07, 6.45) is 18.2. The van der Waals surface area contributed by atoms with Gasteiger partial charge in [0.25, 0.3) is 0 Å². The third-order valence-corrected chi connectivity index (χ3v) is 7.53. The quantitative estimate of drug-likeness (QED) is 0.371. The Kier molecular flexibility index (Phi) is 5.70. The van der Waals surface area contributed by atoms with Crippen LogP contribution >= 0.6 is 0 Å². The molecule has 176 valence electrons. The van der Waals surface area contributed by atoms with E-state index >= 15 is 0 Å². The van der Waals surface area contributed by atoms with Crippen LogP contribution in [0.5, 0.6) is 0 Å². The van der Waals surface area contributed by atoms with Crippen LogP contribution in [0.25, 0.3) is 11.1 Å². The van der Waals surface area contributed by atoms with Gasteiger partial charge in [-0.3, -0.25) is 0 Å². The lowest BCUT2D eigenvalue weighted by molar-refractivity contribution is 0.660. The highest BCUT2D eigenvalue weighted by Crippen LogP contribution is 2.51. The van der Waals surface area contributed by atoms with Gasteiger partial charge < -0.3 is 4.90 Å². The number of benzene rings is 3. The van der Waals surface area contributed by atoms with Crippen molar-refractivity contribution >= 4 is 16.8 Å². The Bertz CT molecular complexity index is 1470. The number of nitrogens with zero attached hydrogens (tertiary/aromatic N) is 1. The van der Waals surface area contributed by atoms with E-state index in [2.05, 4.69) is 146 Å². The minimum atomic E-state index is -0.0378. The Labute approximate surface area is 214 Å². The lowest BCUT2D eigenvalue weighted by atomic mass is 9.82. The molecule has 0 N–H and O–H groups in total. The molecule has 0 atom stereocenters. The number of anilines is 1. The van der Waals surface area contributed by atoms with Gasteiger partial charge in [-0.25, -0.2) is 0 Å². The molecule has 0 aromatic heterocycles. The molecule has 0 radical (unpaired) electrons. The van der Waals surface area contributed by atoms with Crippen molar-refractivity contribution < 1.29 is 0 Å². The molecule has 0 fully saturated rings. The number of hydrogen-bond acceptors (Lipinski definition) is 1. The molecule has 0 bridgehead atoms. The Hall–Kier alpha value is -4.10. The second kappa shape index (κ2) is 9.17. The summed E-state index contributed by atoms with van der Waals surface area (Å²) in [5, 5.41) is 0. The minimum Gasteiger partial charge on any atom is -0.311 e. The van der Waals surface area contributed by atoms with Gasteiger partial charge in [-0.1, -0.05) is 117 Å². The molecule has 3 aliphatic carbocycles. The lowest BCUT2D eigenvalue weighted by Crippen LogP contribution is -2.22. The fourth-order valence-corrected chi connectivity index (χ4v) is 5.68. The maximum Gasteiger partial charge on any atom is 0.0461 e. The van der Waals surface area contributed by atoms with Gasteiger partial charge in [-0.2, -0.15) is 0 Å². The molecular weight excluding hydrogens is 434 g/mol. The van der Waals surface area contributed by atoms with Crippen LogP contribution in [0.3, 0.4) is 0 Å². The van der Waals surface area contributed by atoms with Crippen molar-refractivity contribution in [2.75, 3.05) is 4.90 Å². The Morgan fingerprint density at radius 3 is 2.11 bits per heavy atom. The Morgan fingerprint density at radius 1 is 0.639 bits per heavy atom. The van der Waals surface area contributed by atoms with Crippen molar-refractivity contribution in [1.29, 1.82) is 0 Å². The van der Waals surface area contributed by atoms with Crippen molar-refractivity contribution in [3.8, 4) is 0 Å². The average molecular weight is 466 g/mol. The van der Waals surface area contributed by atoms with E-state index in [4.69, 9.17) is 0 Å². The number of allylic oxidation sites excluding steroid dienone is 10. The average Bonchev–Trinajstić information content (AvgIpc) is 3.18. The van der Waals surface area contributed by atoms with Crippen LogP contribution in [0.2, 0.25) is 0 Å². The number of hydrogen-bond donors (Lipinski definition) is 0. The van der Waals surface area contributed by atoms with Crippen LogP contribution in [0, 0.1) is 0 Å². The summed E-state index contributed by atoms with van der Waals surface area (Å²) in [5.74, 6) is 0. The van der Waals surface area contributed by atoms with Crippen LogP contribution in [0.15, 0.2) is 144 Å². The summed E-state index contributed by atoms with van der Waals surface area (Å²) in [5.41, 5.74) is 11.7. The van der Waals surface area contributed by atoms with Gasteiger partial charge >= 0.3 is 0 Å². The van der Waals surface area contributed by atoms with E-state index in [-0.39, 0.29) is 5.41 Å². The number of para-hydroxylation sites is 1. The van der Waals surface area contributed by atoms with E-state index in [9.17, 15) is 0 Å². The van der Waals surface area contributed by atoms with Crippen molar-refractivity contribution in [2.24, 2.45) is 0 Å². The smallest absolute Gasteiger partial charge is 0.0461 e. The molecule has 1 heteroatoms. The first-order valence-corrected chi connectivity index (χ1v) is 12.8. The fraction of sp³-hybridized carbons (Fsp3) is 0.143. The third-order valence-electron chi connectivity index (χ3n) is 7.53. The van der Waals surface area contributed by atoms with Crippen LogP contribution in [0.4, 0.5) is 5.69 Å². The molecule has 0 spiro atoms. The monoisotopic (exact) mass is 465 g/mol. The largest absolute Gasteiger partial charge is 0.311 e. The maximum atomic E-state index is 2.43. The van der Waals surface area contributed by atoms with Gasteiger partial charge in [0.15, 0.2) is 0 Å². The summed E-state index contributed by atoms with van der Waals surface area (Å²) in [6, 6.07) is 30.3. The fourth-order valence-electron chi connectivity index (χ4n) is 5.68. The normalized spacial score (nSPS) is 17.9. The minimum absolute atomic E-state index is 0.0378. The van der Waals surface area contributed by atoms with Crippen LogP contribution < -0.4 is 4.90 Å².